The lowest BCUT2D eigenvalue weighted by atomic mass is 10.2. The number of halogens is 1. The van der Waals surface area contributed by atoms with Gasteiger partial charge in [0.05, 0.1) is 17.6 Å². The van der Waals surface area contributed by atoms with E-state index >= 15 is 0 Å². The Morgan fingerprint density at radius 2 is 2.47 bits per heavy atom. The molecule has 1 aromatic carbocycles. The first kappa shape index (κ1) is 11.0. The molecule has 2 N–H and O–H groups in total. The number of nitrogens with zero attached hydrogens (tertiary/aromatic N) is 1. The van der Waals surface area contributed by atoms with Crippen LogP contribution in [0.5, 0.6) is 0 Å². The van der Waals surface area contributed by atoms with Crippen LogP contribution in [0.1, 0.15) is 12.2 Å². The summed E-state index contributed by atoms with van der Waals surface area (Å²) in [6.07, 6.45) is 1.22. The number of benzene rings is 1. The van der Waals surface area contributed by atoms with Crippen molar-refractivity contribution in [1.29, 1.82) is 0 Å². The third-order valence-electron chi connectivity index (χ3n) is 2.98. The van der Waals surface area contributed by atoms with Gasteiger partial charge in [-0.25, -0.2) is 9.37 Å². The van der Waals surface area contributed by atoms with Gasteiger partial charge in [0, 0.05) is 11.8 Å². The number of H-pyrrole nitrogens is 1. The summed E-state index contributed by atoms with van der Waals surface area (Å²) >= 11 is 1.98. The van der Waals surface area contributed by atoms with Crippen LogP contribution in [0.3, 0.4) is 0 Å². The van der Waals surface area contributed by atoms with Crippen molar-refractivity contribution in [2.24, 2.45) is 0 Å². The van der Waals surface area contributed by atoms with E-state index in [0.29, 0.717) is 6.04 Å². The predicted octanol–water partition coefficient (Wildman–Crippen LogP) is 2.30. The quantitative estimate of drug-likeness (QED) is 0.879. The first-order chi connectivity index (χ1) is 8.31. The number of hydrogen-bond donors (Lipinski definition) is 2. The second kappa shape index (κ2) is 4.66. The minimum Gasteiger partial charge on any atom is -0.341 e. The molecule has 0 unspecified atom stereocenters. The first-order valence-electron chi connectivity index (χ1n) is 5.76. The van der Waals surface area contributed by atoms with Gasteiger partial charge < -0.3 is 10.3 Å². The zero-order chi connectivity index (χ0) is 11.7. The molecule has 0 amide bonds. The van der Waals surface area contributed by atoms with Crippen LogP contribution in [0.15, 0.2) is 18.2 Å². The van der Waals surface area contributed by atoms with Crippen molar-refractivity contribution in [2.75, 3.05) is 11.5 Å². The second-order valence-electron chi connectivity index (χ2n) is 4.29. The van der Waals surface area contributed by atoms with Crippen molar-refractivity contribution in [3.8, 4) is 0 Å². The van der Waals surface area contributed by atoms with Gasteiger partial charge in [0.25, 0.3) is 0 Å². The topological polar surface area (TPSA) is 40.7 Å². The van der Waals surface area contributed by atoms with Crippen LogP contribution in [-0.2, 0) is 6.54 Å². The first-order valence-corrected chi connectivity index (χ1v) is 6.92. The highest BCUT2D eigenvalue weighted by atomic mass is 32.2. The van der Waals surface area contributed by atoms with E-state index in [0.717, 1.165) is 23.4 Å². The molecule has 0 saturated carbocycles. The highest BCUT2D eigenvalue weighted by Crippen LogP contribution is 2.18. The van der Waals surface area contributed by atoms with E-state index in [1.165, 1.54) is 30.1 Å². The summed E-state index contributed by atoms with van der Waals surface area (Å²) < 4.78 is 13.0. The van der Waals surface area contributed by atoms with E-state index < -0.39 is 0 Å². The third kappa shape index (κ3) is 2.45. The van der Waals surface area contributed by atoms with E-state index in [-0.39, 0.29) is 5.82 Å². The molecule has 1 saturated heterocycles. The Labute approximate surface area is 103 Å². The van der Waals surface area contributed by atoms with E-state index in [2.05, 4.69) is 15.3 Å². The Morgan fingerprint density at radius 1 is 1.53 bits per heavy atom. The maximum absolute atomic E-state index is 13.0. The fourth-order valence-electron chi connectivity index (χ4n) is 2.05. The van der Waals surface area contributed by atoms with E-state index in [1.807, 2.05) is 11.8 Å². The molecular formula is C12H14FN3S. The second-order valence-corrected chi connectivity index (χ2v) is 5.44. The summed E-state index contributed by atoms with van der Waals surface area (Å²) in [5.74, 6) is 3.06. The summed E-state index contributed by atoms with van der Waals surface area (Å²) in [6, 6.07) is 5.21. The number of thioether (sulfide) groups is 1. The lowest BCUT2D eigenvalue weighted by Crippen LogP contribution is -2.28. The van der Waals surface area contributed by atoms with Crippen LogP contribution in [0.25, 0.3) is 11.0 Å². The van der Waals surface area contributed by atoms with Gasteiger partial charge in [-0.1, -0.05) is 0 Å². The van der Waals surface area contributed by atoms with Crippen molar-refractivity contribution >= 4 is 22.8 Å². The average Bonchev–Trinajstić information content (AvgIpc) is 2.94. The van der Waals surface area contributed by atoms with Gasteiger partial charge in [-0.2, -0.15) is 11.8 Å². The smallest absolute Gasteiger partial charge is 0.125 e. The lowest BCUT2D eigenvalue weighted by molar-refractivity contribution is 0.547. The zero-order valence-corrected chi connectivity index (χ0v) is 10.2. The summed E-state index contributed by atoms with van der Waals surface area (Å²) in [6.45, 7) is 0.724. The number of hydrogen-bond acceptors (Lipinski definition) is 3. The molecule has 90 valence electrons. The summed E-state index contributed by atoms with van der Waals surface area (Å²) in [5, 5.41) is 3.47. The predicted molar refractivity (Wildman–Crippen MR) is 68.6 cm³/mol. The van der Waals surface area contributed by atoms with Crippen LogP contribution >= 0.6 is 11.8 Å². The van der Waals surface area contributed by atoms with Crippen molar-refractivity contribution < 1.29 is 4.39 Å². The Balaban J connectivity index is 1.72. The Bertz CT molecular complexity index is 519. The molecule has 3 rings (SSSR count). The van der Waals surface area contributed by atoms with Crippen LogP contribution in [0, 0.1) is 5.82 Å². The summed E-state index contributed by atoms with van der Waals surface area (Å²) in [4.78, 5) is 7.56. The van der Waals surface area contributed by atoms with Gasteiger partial charge in [-0.3, -0.25) is 0 Å². The number of fused-ring (bicyclic) bond motifs is 1. The highest BCUT2D eigenvalue weighted by molar-refractivity contribution is 7.99. The third-order valence-corrected chi connectivity index (χ3v) is 4.14. The lowest BCUT2D eigenvalue weighted by Gasteiger charge is -2.08. The van der Waals surface area contributed by atoms with Gasteiger partial charge >= 0.3 is 0 Å². The molecule has 3 nitrogen and oxygen atoms in total. The Hall–Kier alpha value is -1.07. The molecule has 1 aliphatic heterocycles. The summed E-state index contributed by atoms with van der Waals surface area (Å²) in [7, 11) is 0. The number of rotatable bonds is 3. The largest absolute Gasteiger partial charge is 0.341 e. The minimum atomic E-state index is -0.229. The van der Waals surface area contributed by atoms with Gasteiger partial charge in [0.15, 0.2) is 0 Å². The van der Waals surface area contributed by atoms with E-state index in [9.17, 15) is 4.39 Å². The van der Waals surface area contributed by atoms with E-state index in [4.69, 9.17) is 0 Å². The SMILES string of the molecule is Fc1ccc2nc(CN[C@@H]3CCSC3)[nH]c2c1. The zero-order valence-electron chi connectivity index (χ0n) is 9.37. The molecule has 1 fully saturated rings. The maximum atomic E-state index is 13.0. The van der Waals surface area contributed by atoms with Crippen molar-refractivity contribution in [2.45, 2.75) is 19.0 Å². The standard InChI is InChI=1S/C12H14FN3S/c13-8-1-2-10-11(5-8)16-12(15-10)6-14-9-3-4-17-7-9/h1-2,5,9,14H,3-4,6-7H2,(H,15,16)/t9-/m1/s1. The van der Waals surface area contributed by atoms with E-state index in [1.54, 1.807) is 6.07 Å². The molecule has 0 bridgehead atoms. The average molecular weight is 251 g/mol. The fourth-order valence-corrected chi connectivity index (χ4v) is 3.24. The molecule has 1 aliphatic rings. The van der Waals surface area contributed by atoms with Crippen molar-refractivity contribution in [3.63, 3.8) is 0 Å². The molecule has 2 heterocycles. The normalized spacial score (nSPS) is 20.2. The molecule has 1 atom stereocenters. The van der Waals surface area contributed by atoms with Gasteiger partial charge in [-0.15, -0.1) is 0 Å². The van der Waals surface area contributed by atoms with Crippen LogP contribution in [-0.4, -0.2) is 27.5 Å². The molecule has 0 spiro atoms. The number of aromatic nitrogens is 2. The van der Waals surface area contributed by atoms with Gasteiger partial charge in [0.1, 0.15) is 11.6 Å². The molecule has 0 aliphatic carbocycles. The monoisotopic (exact) mass is 251 g/mol. The van der Waals surface area contributed by atoms with Crippen molar-refractivity contribution in [3.05, 3.63) is 29.8 Å². The van der Waals surface area contributed by atoms with Crippen LogP contribution in [0.4, 0.5) is 4.39 Å². The number of aromatic amines is 1. The molecule has 1 aromatic heterocycles. The molecule has 5 heteroatoms. The molecule has 2 aromatic rings. The highest BCUT2D eigenvalue weighted by Gasteiger charge is 2.15. The fraction of sp³-hybridized carbons (Fsp3) is 0.417. The van der Waals surface area contributed by atoms with Crippen LogP contribution < -0.4 is 5.32 Å². The molecular weight excluding hydrogens is 237 g/mol. The van der Waals surface area contributed by atoms with Gasteiger partial charge in [0.2, 0.25) is 0 Å². The van der Waals surface area contributed by atoms with Crippen LogP contribution in [0.2, 0.25) is 0 Å². The molecule has 0 radical (unpaired) electrons. The number of imidazole rings is 1. The minimum absolute atomic E-state index is 0.229. The summed E-state index contributed by atoms with van der Waals surface area (Å²) in [5.41, 5.74) is 1.59. The maximum Gasteiger partial charge on any atom is 0.125 e. The number of nitrogens with one attached hydrogen (secondary N) is 2. The van der Waals surface area contributed by atoms with Crippen molar-refractivity contribution in [1.82, 2.24) is 15.3 Å². The Morgan fingerprint density at radius 3 is 3.29 bits per heavy atom. The Kier molecular flexibility index (Phi) is 3.03. The van der Waals surface area contributed by atoms with Gasteiger partial charge in [-0.05, 0) is 30.4 Å². The molecule has 17 heavy (non-hydrogen) atoms.